The lowest BCUT2D eigenvalue weighted by molar-refractivity contribution is -0.121. The van der Waals surface area contributed by atoms with Crippen molar-refractivity contribution >= 4 is 33.4 Å². The number of rotatable bonds is 6. The maximum absolute atomic E-state index is 12.6. The minimum atomic E-state index is -0.712. The van der Waals surface area contributed by atoms with Crippen LogP contribution in [0.2, 0.25) is 0 Å². The maximum Gasteiger partial charge on any atom is 0.253 e. The first-order valence-electron chi connectivity index (χ1n) is 10.3. The molecule has 2 aliphatic rings. The Labute approximate surface area is 182 Å². The maximum atomic E-state index is 12.6. The van der Waals surface area contributed by atoms with Gasteiger partial charge in [-0.2, -0.15) is 5.26 Å². The molecule has 31 heavy (non-hydrogen) atoms. The normalized spacial score (nSPS) is 16.9. The summed E-state index contributed by atoms with van der Waals surface area (Å²) in [7, 11) is 0. The molecule has 9 nitrogen and oxygen atoms in total. The first-order valence-corrected chi connectivity index (χ1v) is 11.1. The zero-order valence-corrected chi connectivity index (χ0v) is 17.6. The highest BCUT2D eigenvalue weighted by atomic mass is 32.1. The van der Waals surface area contributed by atoms with E-state index in [0.29, 0.717) is 30.7 Å². The molecule has 5 rings (SSSR count). The van der Waals surface area contributed by atoms with Crippen LogP contribution in [0.25, 0.3) is 10.2 Å². The van der Waals surface area contributed by atoms with E-state index in [-0.39, 0.29) is 24.1 Å². The SMILES string of the molecule is N#CC1(NC(=O)Cc2nnc(Cc3nc4ccc(C(=O)N5CCCC5)cc4s3)o2)CC1. The predicted molar refractivity (Wildman–Crippen MR) is 111 cm³/mol. The van der Waals surface area contributed by atoms with Crippen molar-refractivity contribution in [2.45, 2.75) is 44.1 Å². The van der Waals surface area contributed by atoms with Crippen LogP contribution >= 0.6 is 11.3 Å². The Balaban J connectivity index is 1.25. The van der Waals surface area contributed by atoms with Crippen LogP contribution in [-0.2, 0) is 17.6 Å². The fourth-order valence-electron chi connectivity index (χ4n) is 3.68. The van der Waals surface area contributed by atoms with Gasteiger partial charge in [-0.25, -0.2) is 4.98 Å². The Kier molecular flexibility index (Phi) is 4.90. The van der Waals surface area contributed by atoms with Crippen molar-refractivity contribution in [1.82, 2.24) is 25.4 Å². The summed E-state index contributed by atoms with van der Waals surface area (Å²) in [4.78, 5) is 31.2. The number of likely N-dealkylation sites (tertiary alicyclic amines) is 1. The van der Waals surface area contributed by atoms with E-state index >= 15 is 0 Å². The van der Waals surface area contributed by atoms with Crippen LogP contribution in [0, 0.1) is 11.3 Å². The van der Waals surface area contributed by atoms with Crippen LogP contribution in [0.15, 0.2) is 22.6 Å². The average molecular weight is 436 g/mol. The Bertz CT molecular complexity index is 1200. The van der Waals surface area contributed by atoms with Gasteiger partial charge in [-0.05, 0) is 43.9 Å². The highest BCUT2D eigenvalue weighted by molar-refractivity contribution is 7.18. The molecule has 1 aliphatic heterocycles. The molecule has 3 heterocycles. The number of fused-ring (bicyclic) bond motifs is 1. The Morgan fingerprint density at radius 2 is 2.00 bits per heavy atom. The van der Waals surface area contributed by atoms with E-state index < -0.39 is 5.54 Å². The van der Waals surface area contributed by atoms with Crippen molar-refractivity contribution in [3.05, 3.63) is 40.6 Å². The quantitative estimate of drug-likeness (QED) is 0.628. The second kappa shape index (κ2) is 7.74. The van der Waals surface area contributed by atoms with Crippen LogP contribution in [0.3, 0.4) is 0 Å². The molecule has 0 atom stereocenters. The summed E-state index contributed by atoms with van der Waals surface area (Å²) in [5.41, 5.74) is 0.792. The second-order valence-electron chi connectivity index (χ2n) is 7.97. The number of nitrogens with one attached hydrogen (secondary N) is 1. The van der Waals surface area contributed by atoms with Gasteiger partial charge < -0.3 is 14.6 Å². The third-order valence-electron chi connectivity index (χ3n) is 5.54. The van der Waals surface area contributed by atoms with Crippen LogP contribution in [0.5, 0.6) is 0 Å². The molecule has 0 spiro atoms. The van der Waals surface area contributed by atoms with Crippen LogP contribution in [0.1, 0.15) is 52.8 Å². The number of carbonyl (C=O) groups excluding carboxylic acids is 2. The van der Waals surface area contributed by atoms with Crippen molar-refractivity contribution in [3.63, 3.8) is 0 Å². The Morgan fingerprint density at radius 3 is 2.74 bits per heavy atom. The summed E-state index contributed by atoms with van der Waals surface area (Å²) in [6, 6.07) is 7.70. The van der Waals surface area contributed by atoms with E-state index in [0.717, 1.165) is 41.2 Å². The van der Waals surface area contributed by atoms with Gasteiger partial charge in [0, 0.05) is 18.7 Å². The highest BCUT2D eigenvalue weighted by Gasteiger charge is 2.44. The fraction of sp³-hybridized carbons (Fsp3) is 0.429. The van der Waals surface area contributed by atoms with Crippen molar-refractivity contribution in [1.29, 1.82) is 5.26 Å². The van der Waals surface area contributed by atoms with Gasteiger partial charge in [-0.1, -0.05) is 0 Å². The van der Waals surface area contributed by atoms with E-state index in [1.54, 1.807) is 0 Å². The van der Waals surface area contributed by atoms with E-state index in [1.807, 2.05) is 23.1 Å². The number of aromatic nitrogens is 3. The molecule has 0 radical (unpaired) electrons. The van der Waals surface area contributed by atoms with Gasteiger partial charge in [0.15, 0.2) is 0 Å². The molecule has 2 aromatic heterocycles. The molecule has 1 saturated carbocycles. The molecule has 1 saturated heterocycles. The summed E-state index contributed by atoms with van der Waals surface area (Å²) >= 11 is 1.48. The van der Waals surface area contributed by atoms with E-state index in [4.69, 9.17) is 9.68 Å². The summed E-state index contributed by atoms with van der Waals surface area (Å²) in [5, 5.41) is 20.5. The monoisotopic (exact) mass is 436 g/mol. The van der Waals surface area contributed by atoms with Crippen molar-refractivity contribution < 1.29 is 14.0 Å². The third-order valence-corrected chi connectivity index (χ3v) is 6.56. The number of hydrogen-bond donors (Lipinski definition) is 1. The number of hydrogen-bond acceptors (Lipinski definition) is 8. The topological polar surface area (TPSA) is 125 Å². The molecule has 1 aliphatic carbocycles. The molecule has 2 fully saturated rings. The van der Waals surface area contributed by atoms with Gasteiger partial charge in [0.2, 0.25) is 17.7 Å². The number of benzene rings is 1. The van der Waals surface area contributed by atoms with Gasteiger partial charge in [0.1, 0.15) is 17.0 Å². The first-order chi connectivity index (χ1) is 15.0. The minimum absolute atomic E-state index is 0.0573. The number of amides is 2. The summed E-state index contributed by atoms with van der Waals surface area (Å²) < 4.78 is 6.53. The summed E-state index contributed by atoms with van der Waals surface area (Å²) in [5.74, 6) is 0.348. The standard InChI is InChI=1S/C21H20N6O3S/c22-12-21(5-6-21)24-16(28)10-17-25-26-18(30-17)11-19-23-14-4-3-13(9-15(14)31-19)20(29)27-7-1-2-8-27/h3-4,9H,1-2,5-8,10-11H2,(H,24,28). The van der Waals surface area contributed by atoms with Gasteiger partial charge >= 0.3 is 0 Å². The number of nitriles is 1. The van der Waals surface area contributed by atoms with Crippen molar-refractivity contribution in [3.8, 4) is 6.07 Å². The summed E-state index contributed by atoms with van der Waals surface area (Å²) in [6.45, 7) is 1.64. The fourth-order valence-corrected chi connectivity index (χ4v) is 4.68. The first kappa shape index (κ1) is 19.6. The van der Waals surface area contributed by atoms with Crippen LogP contribution < -0.4 is 5.32 Å². The zero-order valence-electron chi connectivity index (χ0n) is 16.8. The Morgan fingerprint density at radius 1 is 1.23 bits per heavy atom. The third kappa shape index (κ3) is 4.14. The van der Waals surface area contributed by atoms with Gasteiger partial charge in [-0.15, -0.1) is 21.5 Å². The van der Waals surface area contributed by atoms with Crippen molar-refractivity contribution in [2.24, 2.45) is 0 Å². The summed E-state index contributed by atoms with van der Waals surface area (Å²) in [6.07, 6.45) is 3.77. The average Bonchev–Trinajstić information content (AvgIpc) is 3.15. The lowest BCUT2D eigenvalue weighted by Crippen LogP contribution is -2.36. The van der Waals surface area contributed by atoms with Gasteiger partial charge in [0.05, 0.1) is 22.7 Å². The van der Waals surface area contributed by atoms with Crippen LogP contribution in [0.4, 0.5) is 0 Å². The number of carbonyl (C=O) groups is 2. The lowest BCUT2D eigenvalue weighted by atomic mass is 10.2. The van der Waals surface area contributed by atoms with Crippen LogP contribution in [-0.4, -0.2) is 50.5 Å². The smallest absolute Gasteiger partial charge is 0.253 e. The largest absolute Gasteiger partial charge is 0.424 e. The number of nitrogens with zero attached hydrogens (tertiary/aromatic N) is 5. The van der Waals surface area contributed by atoms with Gasteiger partial charge in [0.25, 0.3) is 5.91 Å². The molecular formula is C21H20N6O3S. The Hall–Kier alpha value is -3.32. The van der Waals surface area contributed by atoms with E-state index in [1.165, 1.54) is 11.3 Å². The van der Waals surface area contributed by atoms with Crippen molar-refractivity contribution in [2.75, 3.05) is 13.1 Å². The zero-order chi connectivity index (χ0) is 21.4. The highest BCUT2D eigenvalue weighted by Crippen LogP contribution is 2.34. The van der Waals surface area contributed by atoms with E-state index in [2.05, 4.69) is 26.6 Å². The molecule has 2 amide bonds. The minimum Gasteiger partial charge on any atom is -0.424 e. The molecule has 0 bridgehead atoms. The second-order valence-corrected chi connectivity index (χ2v) is 9.09. The molecule has 3 aromatic rings. The predicted octanol–water partition coefficient (Wildman–Crippen LogP) is 2.22. The number of thiazole rings is 1. The van der Waals surface area contributed by atoms with Gasteiger partial charge in [-0.3, -0.25) is 9.59 Å². The lowest BCUT2D eigenvalue weighted by Gasteiger charge is -2.14. The molecule has 158 valence electrons. The molecule has 1 N–H and O–H groups in total. The van der Waals surface area contributed by atoms with E-state index in [9.17, 15) is 9.59 Å². The molecule has 1 aromatic carbocycles. The molecular weight excluding hydrogens is 416 g/mol. The molecule has 10 heteroatoms. The molecule has 0 unspecified atom stereocenters.